The van der Waals surface area contributed by atoms with Gasteiger partial charge in [0.1, 0.15) is 0 Å². The molecule has 1 aromatic carbocycles. The van der Waals surface area contributed by atoms with Crippen LogP contribution in [0.4, 0.5) is 5.69 Å². The Hall–Kier alpha value is -2.12. The Labute approximate surface area is 154 Å². The molecule has 130 valence electrons. The number of anilines is 1. The Morgan fingerprint density at radius 2 is 2.12 bits per heavy atom. The summed E-state index contributed by atoms with van der Waals surface area (Å²) in [6, 6.07) is 9.91. The van der Waals surface area contributed by atoms with Gasteiger partial charge in [-0.15, -0.1) is 21.5 Å². The topological polar surface area (TPSA) is 68.0 Å². The molecule has 0 aliphatic rings. The van der Waals surface area contributed by atoms with E-state index in [4.69, 9.17) is 4.42 Å². The van der Waals surface area contributed by atoms with Crippen molar-refractivity contribution in [2.75, 3.05) is 11.1 Å². The number of hydrogen-bond acceptors (Lipinski definition) is 6. The van der Waals surface area contributed by atoms with Gasteiger partial charge in [-0.05, 0) is 35.4 Å². The standard InChI is InChI=1S/C18H19N3O2S2/c1-11(2)13-7-4-6-12(3)16(13)19-15(22)10-25-18-21-20-17(23-18)14-8-5-9-24-14/h4-9,11H,10H2,1-3H3,(H,19,22). The number of hydrogen-bond donors (Lipinski definition) is 1. The van der Waals surface area contributed by atoms with Crippen LogP contribution in [0.15, 0.2) is 45.4 Å². The summed E-state index contributed by atoms with van der Waals surface area (Å²) in [5.74, 6) is 0.959. The molecule has 2 heterocycles. The number of aromatic nitrogens is 2. The van der Waals surface area contributed by atoms with E-state index in [0.29, 0.717) is 17.0 Å². The highest BCUT2D eigenvalue weighted by molar-refractivity contribution is 7.99. The van der Waals surface area contributed by atoms with Crippen LogP contribution in [0.3, 0.4) is 0 Å². The molecule has 0 bridgehead atoms. The predicted octanol–water partition coefficient (Wildman–Crippen LogP) is 4.96. The molecule has 2 aromatic heterocycles. The van der Waals surface area contributed by atoms with Crippen molar-refractivity contribution < 1.29 is 9.21 Å². The van der Waals surface area contributed by atoms with E-state index in [-0.39, 0.29) is 11.7 Å². The Morgan fingerprint density at radius 3 is 2.84 bits per heavy atom. The lowest BCUT2D eigenvalue weighted by molar-refractivity contribution is -0.113. The van der Waals surface area contributed by atoms with Gasteiger partial charge < -0.3 is 9.73 Å². The van der Waals surface area contributed by atoms with Crippen molar-refractivity contribution in [1.82, 2.24) is 10.2 Å². The van der Waals surface area contributed by atoms with Crippen molar-refractivity contribution in [3.05, 3.63) is 46.8 Å². The number of nitrogens with one attached hydrogen (secondary N) is 1. The summed E-state index contributed by atoms with van der Waals surface area (Å²) in [6.45, 7) is 6.23. The van der Waals surface area contributed by atoms with Gasteiger partial charge in [0.2, 0.25) is 5.91 Å². The molecule has 0 saturated heterocycles. The SMILES string of the molecule is Cc1cccc(C(C)C)c1NC(=O)CSc1nnc(-c2cccs2)o1. The fourth-order valence-electron chi connectivity index (χ4n) is 2.41. The summed E-state index contributed by atoms with van der Waals surface area (Å²) in [6.07, 6.45) is 0. The number of carbonyl (C=O) groups excluding carboxylic acids is 1. The molecule has 0 atom stereocenters. The summed E-state index contributed by atoms with van der Waals surface area (Å²) >= 11 is 2.77. The summed E-state index contributed by atoms with van der Waals surface area (Å²) in [5, 5.41) is 13.4. The minimum atomic E-state index is -0.0860. The molecule has 1 amide bonds. The zero-order valence-corrected chi connectivity index (χ0v) is 15.9. The number of benzene rings is 1. The van der Waals surface area contributed by atoms with E-state index in [2.05, 4.69) is 29.4 Å². The summed E-state index contributed by atoms with van der Waals surface area (Å²) < 4.78 is 5.59. The third-order valence-corrected chi connectivity index (χ3v) is 5.33. The normalized spacial score (nSPS) is 11.0. The van der Waals surface area contributed by atoms with E-state index in [1.165, 1.54) is 23.1 Å². The molecule has 0 aliphatic carbocycles. The summed E-state index contributed by atoms with van der Waals surface area (Å²) in [4.78, 5) is 13.3. The number of rotatable bonds is 6. The fourth-order valence-corrected chi connectivity index (χ4v) is 3.62. The Balaban J connectivity index is 1.63. The molecule has 0 radical (unpaired) electrons. The molecule has 0 aliphatic heterocycles. The smallest absolute Gasteiger partial charge is 0.277 e. The van der Waals surface area contributed by atoms with E-state index in [0.717, 1.165) is 21.7 Å². The molecule has 0 fully saturated rings. The highest BCUT2D eigenvalue weighted by Gasteiger charge is 2.14. The maximum Gasteiger partial charge on any atom is 0.277 e. The van der Waals surface area contributed by atoms with Gasteiger partial charge >= 0.3 is 0 Å². The van der Waals surface area contributed by atoms with Crippen LogP contribution in [0.2, 0.25) is 0 Å². The van der Waals surface area contributed by atoms with Crippen molar-refractivity contribution in [1.29, 1.82) is 0 Å². The van der Waals surface area contributed by atoms with E-state index in [1.54, 1.807) is 0 Å². The second-order valence-electron chi connectivity index (χ2n) is 5.88. The number of thioether (sulfide) groups is 1. The van der Waals surface area contributed by atoms with Crippen molar-refractivity contribution >= 4 is 34.7 Å². The quantitative estimate of drug-likeness (QED) is 0.619. The van der Waals surface area contributed by atoms with Gasteiger partial charge in [-0.2, -0.15) is 0 Å². The highest BCUT2D eigenvalue weighted by atomic mass is 32.2. The predicted molar refractivity (Wildman–Crippen MR) is 102 cm³/mol. The van der Waals surface area contributed by atoms with Crippen LogP contribution in [0, 0.1) is 6.92 Å². The molecule has 0 unspecified atom stereocenters. The number of amides is 1. The Morgan fingerprint density at radius 1 is 1.28 bits per heavy atom. The van der Waals surface area contributed by atoms with Gasteiger partial charge in [0.05, 0.1) is 10.6 Å². The first kappa shape index (κ1) is 17.7. The van der Waals surface area contributed by atoms with Crippen LogP contribution >= 0.6 is 23.1 Å². The van der Waals surface area contributed by atoms with Gasteiger partial charge in [0, 0.05) is 5.69 Å². The molecule has 3 aromatic rings. The molecule has 1 N–H and O–H groups in total. The van der Waals surface area contributed by atoms with Crippen LogP contribution in [0.25, 0.3) is 10.8 Å². The van der Waals surface area contributed by atoms with Gasteiger partial charge in [-0.1, -0.05) is 49.9 Å². The van der Waals surface area contributed by atoms with Gasteiger partial charge in [-0.25, -0.2) is 0 Å². The largest absolute Gasteiger partial charge is 0.410 e. The van der Waals surface area contributed by atoms with Crippen LogP contribution in [-0.2, 0) is 4.79 Å². The zero-order valence-electron chi connectivity index (χ0n) is 14.3. The molecule has 25 heavy (non-hydrogen) atoms. The summed E-state index contributed by atoms with van der Waals surface area (Å²) in [7, 11) is 0. The minimum absolute atomic E-state index is 0.0860. The van der Waals surface area contributed by atoms with Gasteiger partial charge in [-0.3, -0.25) is 4.79 Å². The first-order valence-corrected chi connectivity index (χ1v) is 9.80. The molecule has 0 saturated carbocycles. The van der Waals surface area contributed by atoms with Crippen LogP contribution in [0.5, 0.6) is 0 Å². The average molecular weight is 374 g/mol. The number of thiophene rings is 1. The first-order chi connectivity index (χ1) is 12.0. The van der Waals surface area contributed by atoms with Crippen molar-refractivity contribution in [2.24, 2.45) is 0 Å². The molecule has 0 spiro atoms. The Kier molecular flexibility index (Phi) is 5.55. The van der Waals surface area contributed by atoms with Crippen LogP contribution < -0.4 is 5.32 Å². The van der Waals surface area contributed by atoms with E-state index < -0.39 is 0 Å². The lowest BCUT2D eigenvalue weighted by Crippen LogP contribution is -2.16. The monoisotopic (exact) mass is 373 g/mol. The average Bonchev–Trinajstić information content (AvgIpc) is 3.25. The number of nitrogens with zero attached hydrogens (tertiary/aromatic N) is 2. The zero-order chi connectivity index (χ0) is 17.8. The third kappa shape index (κ3) is 4.29. The molecule has 5 nitrogen and oxygen atoms in total. The van der Waals surface area contributed by atoms with Crippen LogP contribution in [0.1, 0.15) is 30.9 Å². The second kappa shape index (κ2) is 7.84. The van der Waals surface area contributed by atoms with Crippen molar-refractivity contribution in [3.63, 3.8) is 0 Å². The maximum atomic E-state index is 12.3. The molecule has 7 heteroatoms. The number of aryl methyl sites for hydroxylation is 1. The fraction of sp³-hybridized carbons (Fsp3) is 0.278. The summed E-state index contributed by atoms with van der Waals surface area (Å²) in [5.41, 5.74) is 3.09. The van der Waals surface area contributed by atoms with Gasteiger partial charge in [0.25, 0.3) is 11.1 Å². The third-order valence-electron chi connectivity index (χ3n) is 3.66. The lowest BCUT2D eigenvalue weighted by Gasteiger charge is -2.16. The first-order valence-electron chi connectivity index (χ1n) is 7.94. The van der Waals surface area contributed by atoms with Crippen molar-refractivity contribution in [2.45, 2.75) is 31.9 Å². The van der Waals surface area contributed by atoms with Crippen molar-refractivity contribution in [3.8, 4) is 10.8 Å². The van der Waals surface area contributed by atoms with Crippen LogP contribution in [-0.4, -0.2) is 21.9 Å². The van der Waals surface area contributed by atoms with E-state index in [1.807, 2.05) is 42.6 Å². The maximum absolute atomic E-state index is 12.3. The van der Waals surface area contributed by atoms with E-state index >= 15 is 0 Å². The van der Waals surface area contributed by atoms with Gasteiger partial charge in [0.15, 0.2) is 0 Å². The molecular weight excluding hydrogens is 354 g/mol. The lowest BCUT2D eigenvalue weighted by atomic mass is 9.98. The highest BCUT2D eigenvalue weighted by Crippen LogP contribution is 2.29. The molecule has 3 rings (SSSR count). The number of para-hydroxylation sites is 1. The minimum Gasteiger partial charge on any atom is -0.410 e. The second-order valence-corrected chi connectivity index (χ2v) is 7.76. The Bertz CT molecular complexity index is 857. The molecular formula is C18H19N3O2S2. The van der Waals surface area contributed by atoms with E-state index in [9.17, 15) is 4.79 Å². The number of carbonyl (C=O) groups is 1.